The number of esters is 1. The SMILES string of the molecule is O=C(OCc1nc(-c2cccc(Br)c2)no1)C1(c2ccc(F)cc2)CCC1. The predicted molar refractivity (Wildman–Crippen MR) is 99.2 cm³/mol. The molecule has 0 spiro atoms. The van der Waals surface area contributed by atoms with Gasteiger partial charge < -0.3 is 9.26 Å². The molecular formula is C20H16BrFN2O3. The number of benzene rings is 2. The van der Waals surface area contributed by atoms with Gasteiger partial charge in [-0.15, -0.1) is 0 Å². The molecule has 1 fully saturated rings. The van der Waals surface area contributed by atoms with Gasteiger partial charge in [-0.25, -0.2) is 4.39 Å². The number of carbonyl (C=O) groups excluding carboxylic acids is 1. The summed E-state index contributed by atoms with van der Waals surface area (Å²) >= 11 is 3.40. The summed E-state index contributed by atoms with van der Waals surface area (Å²) in [6, 6.07) is 13.5. The quantitative estimate of drug-likeness (QED) is 0.543. The molecule has 0 radical (unpaired) electrons. The van der Waals surface area contributed by atoms with Gasteiger partial charge in [0.25, 0.3) is 5.89 Å². The van der Waals surface area contributed by atoms with Crippen LogP contribution in [0, 0.1) is 5.82 Å². The average molecular weight is 431 g/mol. The zero-order valence-corrected chi connectivity index (χ0v) is 15.9. The van der Waals surface area contributed by atoms with Gasteiger partial charge in [0.2, 0.25) is 5.82 Å². The van der Waals surface area contributed by atoms with Gasteiger partial charge in [-0.1, -0.05) is 51.8 Å². The van der Waals surface area contributed by atoms with Crippen molar-refractivity contribution in [3.8, 4) is 11.4 Å². The number of hydrogen-bond acceptors (Lipinski definition) is 5. The Bertz CT molecular complexity index is 967. The normalized spacial score (nSPS) is 15.2. The Morgan fingerprint density at radius 2 is 2.00 bits per heavy atom. The van der Waals surface area contributed by atoms with Crippen molar-refractivity contribution in [3.05, 3.63) is 70.3 Å². The summed E-state index contributed by atoms with van der Waals surface area (Å²) < 4.78 is 24.7. The molecule has 1 aromatic heterocycles. The van der Waals surface area contributed by atoms with Gasteiger partial charge in [-0.3, -0.25) is 4.79 Å². The highest BCUT2D eigenvalue weighted by molar-refractivity contribution is 9.10. The maximum atomic E-state index is 13.2. The summed E-state index contributed by atoms with van der Waals surface area (Å²) in [5.74, 6) is -0.0127. The Labute approximate surface area is 163 Å². The summed E-state index contributed by atoms with van der Waals surface area (Å²) in [5, 5.41) is 3.93. The van der Waals surface area contributed by atoms with Crippen LogP contribution in [-0.4, -0.2) is 16.1 Å². The van der Waals surface area contributed by atoms with Crippen LogP contribution < -0.4 is 0 Å². The first-order valence-corrected chi connectivity index (χ1v) is 9.38. The molecular weight excluding hydrogens is 415 g/mol. The maximum absolute atomic E-state index is 13.2. The first kappa shape index (κ1) is 17.9. The van der Waals surface area contributed by atoms with E-state index in [4.69, 9.17) is 9.26 Å². The smallest absolute Gasteiger partial charge is 0.317 e. The number of nitrogens with zero attached hydrogens (tertiary/aromatic N) is 2. The van der Waals surface area contributed by atoms with Crippen LogP contribution in [0.2, 0.25) is 0 Å². The molecule has 0 unspecified atom stereocenters. The maximum Gasteiger partial charge on any atom is 0.317 e. The molecule has 0 N–H and O–H groups in total. The number of aromatic nitrogens is 2. The second-order valence-corrected chi connectivity index (χ2v) is 7.46. The third-order valence-electron chi connectivity index (χ3n) is 4.87. The van der Waals surface area contributed by atoms with E-state index in [0.29, 0.717) is 18.7 Å². The molecule has 3 aromatic rings. The molecule has 27 heavy (non-hydrogen) atoms. The molecule has 2 aromatic carbocycles. The van der Waals surface area contributed by atoms with Crippen LogP contribution in [0.5, 0.6) is 0 Å². The number of hydrogen-bond donors (Lipinski definition) is 0. The average Bonchev–Trinajstić information content (AvgIpc) is 3.10. The molecule has 7 heteroatoms. The number of carbonyl (C=O) groups is 1. The predicted octanol–water partition coefficient (Wildman–Crippen LogP) is 4.80. The van der Waals surface area contributed by atoms with Crippen LogP contribution in [0.4, 0.5) is 4.39 Å². The van der Waals surface area contributed by atoms with E-state index in [1.54, 1.807) is 12.1 Å². The Kier molecular flexibility index (Phi) is 4.78. The highest BCUT2D eigenvalue weighted by Gasteiger charge is 2.47. The minimum Gasteiger partial charge on any atom is -0.455 e. The fourth-order valence-electron chi connectivity index (χ4n) is 3.23. The Balaban J connectivity index is 1.45. The van der Waals surface area contributed by atoms with Gasteiger partial charge in [0, 0.05) is 10.0 Å². The molecule has 138 valence electrons. The fourth-order valence-corrected chi connectivity index (χ4v) is 3.63. The zero-order chi connectivity index (χ0) is 18.9. The molecule has 5 nitrogen and oxygen atoms in total. The topological polar surface area (TPSA) is 65.2 Å². The van der Waals surface area contributed by atoms with Gasteiger partial charge >= 0.3 is 5.97 Å². The number of halogens is 2. The summed E-state index contributed by atoms with van der Waals surface area (Å²) in [6.45, 7) is -0.0945. The Hall–Kier alpha value is -2.54. The van der Waals surface area contributed by atoms with Crippen molar-refractivity contribution in [2.24, 2.45) is 0 Å². The minimum absolute atomic E-state index is 0.0945. The van der Waals surface area contributed by atoms with Crippen molar-refractivity contribution in [1.82, 2.24) is 10.1 Å². The van der Waals surface area contributed by atoms with E-state index in [0.717, 1.165) is 22.0 Å². The van der Waals surface area contributed by atoms with Gasteiger partial charge in [0.1, 0.15) is 5.82 Å². The first-order chi connectivity index (χ1) is 13.1. The second-order valence-electron chi connectivity index (χ2n) is 6.54. The lowest BCUT2D eigenvalue weighted by molar-refractivity contribution is -0.156. The van der Waals surface area contributed by atoms with Crippen molar-refractivity contribution >= 4 is 21.9 Å². The number of rotatable bonds is 5. The van der Waals surface area contributed by atoms with Crippen LogP contribution in [0.15, 0.2) is 57.5 Å². The summed E-state index contributed by atoms with van der Waals surface area (Å²) in [4.78, 5) is 17.0. The van der Waals surface area contributed by atoms with Crippen molar-refractivity contribution in [2.75, 3.05) is 0 Å². The van der Waals surface area contributed by atoms with Crippen molar-refractivity contribution < 1.29 is 18.4 Å². The minimum atomic E-state index is -0.707. The molecule has 1 heterocycles. The van der Waals surface area contributed by atoms with E-state index in [9.17, 15) is 9.18 Å². The van der Waals surface area contributed by atoms with Crippen LogP contribution in [-0.2, 0) is 21.6 Å². The largest absolute Gasteiger partial charge is 0.455 e. The van der Waals surface area contributed by atoms with Gasteiger partial charge in [0.15, 0.2) is 6.61 Å². The third kappa shape index (κ3) is 3.51. The van der Waals surface area contributed by atoms with E-state index in [1.807, 2.05) is 24.3 Å². The third-order valence-corrected chi connectivity index (χ3v) is 5.37. The second kappa shape index (κ2) is 7.23. The molecule has 0 saturated heterocycles. The van der Waals surface area contributed by atoms with Crippen molar-refractivity contribution in [2.45, 2.75) is 31.3 Å². The summed E-state index contributed by atoms with van der Waals surface area (Å²) in [7, 11) is 0. The lowest BCUT2D eigenvalue weighted by Crippen LogP contribution is -2.43. The standard InChI is InChI=1S/C20H16BrFN2O3/c21-15-4-1-3-13(11-15)18-23-17(27-24-18)12-26-19(25)20(9-2-10-20)14-5-7-16(22)8-6-14/h1,3-8,11H,2,9-10,12H2. The Morgan fingerprint density at radius 3 is 2.67 bits per heavy atom. The lowest BCUT2D eigenvalue weighted by Gasteiger charge is -2.39. The zero-order valence-electron chi connectivity index (χ0n) is 14.3. The monoisotopic (exact) mass is 430 g/mol. The van der Waals surface area contributed by atoms with Crippen molar-refractivity contribution in [3.63, 3.8) is 0 Å². The molecule has 0 amide bonds. The molecule has 0 aliphatic heterocycles. The van der Waals surface area contributed by atoms with Crippen LogP contribution in [0.3, 0.4) is 0 Å². The molecule has 1 aliphatic rings. The molecule has 1 aliphatic carbocycles. The van der Waals surface area contributed by atoms with Gasteiger partial charge in [0.05, 0.1) is 5.41 Å². The molecule has 0 bridgehead atoms. The van der Waals surface area contributed by atoms with Crippen LogP contribution >= 0.6 is 15.9 Å². The highest BCUT2D eigenvalue weighted by atomic mass is 79.9. The van der Waals surface area contributed by atoms with Gasteiger partial charge in [-0.2, -0.15) is 4.98 Å². The van der Waals surface area contributed by atoms with E-state index in [2.05, 4.69) is 26.1 Å². The van der Waals surface area contributed by atoms with Crippen LogP contribution in [0.25, 0.3) is 11.4 Å². The van der Waals surface area contributed by atoms with Gasteiger partial charge in [-0.05, 0) is 42.7 Å². The van der Waals surface area contributed by atoms with Crippen molar-refractivity contribution in [1.29, 1.82) is 0 Å². The van der Waals surface area contributed by atoms with E-state index >= 15 is 0 Å². The first-order valence-electron chi connectivity index (χ1n) is 8.59. The lowest BCUT2D eigenvalue weighted by atomic mass is 9.64. The van der Waals surface area contributed by atoms with E-state index in [1.165, 1.54) is 12.1 Å². The number of ether oxygens (including phenoxy) is 1. The molecule has 1 saturated carbocycles. The van der Waals surface area contributed by atoms with Crippen LogP contribution in [0.1, 0.15) is 30.7 Å². The Morgan fingerprint density at radius 1 is 1.22 bits per heavy atom. The summed E-state index contributed by atoms with van der Waals surface area (Å²) in [5.41, 5.74) is 0.869. The van der Waals surface area contributed by atoms with E-state index in [-0.39, 0.29) is 24.3 Å². The molecule has 0 atom stereocenters. The molecule has 4 rings (SSSR count). The fraction of sp³-hybridized carbons (Fsp3) is 0.250. The summed E-state index contributed by atoms with van der Waals surface area (Å²) in [6.07, 6.45) is 2.30. The van der Waals surface area contributed by atoms with E-state index < -0.39 is 5.41 Å². The highest BCUT2D eigenvalue weighted by Crippen LogP contribution is 2.45.